The van der Waals surface area contributed by atoms with Crippen LogP contribution in [0.25, 0.3) is 10.9 Å². The van der Waals surface area contributed by atoms with Crippen LogP contribution in [0.4, 0.5) is 0 Å². The molecule has 0 atom stereocenters. The SMILES string of the molecule is CC1(C)NS(=O)(=O)N(CCc2c[nH]c3ccccc23)C1=O. The minimum Gasteiger partial charge on any atom is -0.361 e. The fourth-order valence-corrected chi connectivity index (χ4v) is 4.24. The van der Waals surface area contributed by atoms with Crippen LogP contribution in [0.2, 0.25) is 0 Å². The molecule has 6 nitrogen and oxygen atoms in total. The molecule has 0 saturated carbocycles. The fraction of sp³-hybridized carbons (Fsp3) is 0.357. The smallest absolute Gasteiger partial charge is 0.304 e. The van der Waals surface area contributed by atoms with Gasteiger partial charge in [-0.15, -0.1) is 0 Å². The summed E-state index contributed by atoms with van der Waals surface area (Å²) in [7, 11) is -3.73. The Bertz CT molecular complexity index is 808. The summed E-state index contributed by atoms with van der Waals surface area (Å²) >= 11 is 0. The molecule has 0 bridgehead atoms. The van der Waals surface area contributed by atoms with Gasteiger partial charge >= 0.3 is 10.2 Å². The van der Waals surface area contributed by atoms with Crippen molar-refractivity contribution in [3.05, 3.63) is 36.0 Å². The summed E-state index contributed by atoms with van der Waals surface area (Å²) in [6.07, 6.45) is 2.34. The van der Waals surface area contributed by atoms with Crippen molar-refractivity contribution in [2.24, 2.45) is 0 Å². The Labute approximate surface area is 123 Å². The summed E-state index contributed by atoms with van der Waals surface area (Å²) < 4.78 is 27.3. The average Bonchev–Trinajstić information content (AvgIpc) is 2.86. The van der Waals surface area contributed by atoms with Gasteiger partial charge in [-0.3, -0.25) is 4.79 Å². The standard InChI is InChI=1S/C14H17N3O3S/c1-14(2)13(18)17(21(19,20)16-14)8-7-10-9-15-12-6-4-3-5-11(10)12/h3-6,9,15-16H,7-8H2,1-2H3. The number of carbonyl (C=O) groups is 1. The predicted octanol–water partition coefficient (Wildman–Crippen LogP) is 1.17. The van der Waals surface area contributed by atoms with Crippen molar-refractivity contribution in [2.75, 3.05) is 6.54 Å². The van der Waals surface area contributed by atoms with Crippen LogP contribution in [0.3, 0.4) is 0 Å². The lowest BCUT2D eigenvalue weighted by Gasteiger charge is -2.15. The van der Waals surface area contributed by atoms with Gasteiger partial charge in [0.15, 0.2) is 0 Å². The Morgan fingerprint density at radius 1 is 1.24 bits per heavy atom. The van der Waals surface area contributed by atoms with Crippen LogP contribution in [0.5, 0.6) is 0 Å². The van der Waals surface area contributed by atoms with E-state index in [1.54, 1.807) is 13.8 Å². The first kappa shape index (κ1) is 14.1. The number of aromatic amines is 1. The molecule has 1 aromatic heterocycles. The molecular weight excluding hydrogens is 290 g/mol. The first-order chi connectivity index (χ1) is 9.81. The molecular formula is C14H17N3O3S. The summed E-state index contributed by atoms with van der Waals surface area (Å²) in [6, 6.07) is 7.80. The van der Waals surface area contributed by atoms with Crippen molar-refractivity contribution >= 4 is 27.0 Å². The van der Waals surface area contributed by atoms with E-state index in [1.165, 1.54) is 0 Å². The average molecular weight is 307 g/mol. The Balaban J connectivity index is 1.83. The van der Waals surface area contributed by atoms with Crippen LogP contribution in [0, 0.1) is 0 Å². The quantitative estimate of drug-likeness (QED) is 0.893. The Hall–Kier alpha value is -1.86. The second-order valence-corrected chi connectivity index (χ2v) is 7.31. The topological polar surface area (TPSA) is 82.3 Å². The van der Waals surface area contributed by atoms with Gasteiger partial charge in [0.2, 0.25) is 0 Å². The molecule has 112 valence electrons. The number of nitrogens with zero attached hydrogens (tertiary/aromatic N) is 1. The maximum absolute atomic E-state index is 12.1. The van der Waals surface area contributed by atoms with E-state index in [4.69, 9.17) is 0 Å². The van der Waals surface area contributed by atoms with Gasteiger partial charge in [-0.2, -0.15) is 13.1 Å². The van der Waals surface area contributed by atoms with Crippen molar-refractivity contribution in [3.63, 3.8) is 0 Å². The van der Waals surface area contributed by atoms with E-state index >= 15 is 0 Å². The molecule has 0 unspecified atom stereocenters. The zero-order valence-electron chi connectivity index (χ0n) is 11.9. The Kier molecular flexibility index (Phi) is 3.07. The number of benzene rings is 1. The van der Waals surface area contributed by atoms with Gasteiger partial charge in [0.05, 0.1) is 0 Å². The highest BCUT2D eigenvalue weighted by atomic mass is 32.2. The highest BCUT2D eigenvalue weighted by Gasteiger charge is 2.48. The van der Waals surface area contributed by atoms with Crippen molar-refractivity contribution < 1.29 is 13.2 Å². The Morgan fingerprint density at radius 2 is 1.95 bits per heavy atom. The van der Waals surface area contributed by atoms with E-state index < -0.39 is 21.7 Å². The van der Waals surface area contributed by atoms with E-state index in [1.807, 2.05) is 30.5 Å². The van der Waals surface area contributed by atoms with Gasteiger partial charge in [0.25, 0.3) is 5.91 Å². The molecule has 1 fully saturated rings. The highest BCUT2D eigenvalue weighted by molar-refractivity contribution is 7.88. The lowest BCUT2D eigenvalue weighted by Crippen LogP contribution is -2.40. The van der Waals surface area contributed by atoms with Gasteiger partial charge in [0.1, 0.15) is 5.54 Å². The second kappa shape index (κ2) is 4.57. The number of amides is 1. The van der Waals surface area contributed by atoms with Gasteiger partial charge in [0, 0.05) is 23.6 Å². The zero-order valence-corrected chi connectivity index (χ0v) is 12.7. The number of hydrogen-bond donors (Lipinski definition) is 2. The van der Waals surface area contributed by atoms with E-state index in [0.717, 1.165) is 20.8 Å². The third-order valence-corrected chi connectivity index (χ3v) is 5.39. The largest absolute Gasteiger partial charge is 0.361 e. The lowest BCUT2D eigenvalue weighted by atomic mass is 10.1. The minimum atomic E-state index is -3.73. The van der Waals surface area contributed by atoms with Crippen LogP contribution in [-0.4, -0.2) is 35.7 Å². The number of para-hydroxylation sites is 1. The van der Waals surface area contributed by atoms with Crippen LogP contribution < -0.4 is 4.72 Å². The number of rotatable bonds is 3. The molecule has 1 amide bonds. The summed E-state index contributed by atoms with van der Waals surface area (Å²) in [5.41, 5.74) is 0.929. The number of H-pyrrole nitrogens is 1. The molecule has 2 aromatic rings. The molecule has 0 radical (unpaired) electrons. The number of hydrogen-bond acceptors (Lipinski definition) is 3. The van der Waals surface area contributed by atoms with Gasteiger partial charge in [-0.1, -0.05) is 18.2 Å². The molecule has 0 spiro atoms. The number of aromatic nitrogens is 1. The molecule has 1 aliphatic rings. The van der Waals surface area contributed by atoms with Crippen molar-refractivity contribution in [3.8, 4) is 0 Å². The van der Waals surface area contributed by atoms with Gasteiger partial charge in [-0.25, -0.2) is 4.31 Å². The second-order valence-electron chi connectivity index (χ2n) is 5.72. The molecule has 1 aromatic carbocycles. The molecule has 21 heavy (non-hydrogen) atoms. The monoisotopic (exact) mass is 307 g/mol. The number of fused-ring (bicyclic) bond motifs is 1. The third-order valence-electron chi connectivity index (χ3n) is 3.69. The summed E-state index contributed by atoms with van der Waals surface area (Å²) in [6.45, 7) is 3.27. The molecule has 7 heteroatoms. The molecule has 1 aliphatic heterocycles. The van der Waals surface area contributed by atoms with E-state index in [9.17, 15) is 13.2 Å². The maximum atomic E-state index is 12.1. The van der Waals surface area contributed by atoms with Crippen LogP contribution in [0.15, 0.2) is 30.5 Å². The van der Waals surface area contributed by atoms with E-state index in [2.05, 4.69) is 9.71 Å². The lowest BCUT2D eigenvalue weighted by molar-refractivity contribution is -0.129. The van der Waals surface area contributed by atoms with Gasteiger partial charge < -0.3 is 4.98 Å². The minimum absolute atomic E-state index is 0.138. The third kappa shape index (κ3) is 2.32. The van der Waals surface area contributed by atoms with E-state index in [0.29, 0.717) is 6.42 Å². The molecule has 3 rings (SSSR count). The molecule has 2 N–H and O–H groups in total. The van der Waals surface area contributed by atoms with E-state index in [-0.39, 0.29) is 6.54 Å². The first-order valence-corrected chi connectivity index (χ1v) is 8.16. The fourth-order valence-electron chi connectivity index (χ4n) is 2.62. The summed E-state index contributed by atoms with van der Waals surface area (Å²) in [5, 5.41) is 1.05. The maximum Gasteiger partial charge on any atom is 0.304 e. The van der Waals surface area contributed by atoms with Crippen molar-refractivity contribution in [1.82, 2.24) is 14.0 Å². The molecule has 2 heterocycles. The van der Waals surface area contributed by atoms with Crippen LogP contribution in [-0.2, 0) is 21.4 Å². The van der Waals surface area contributed by atoms with Gasteiger partial charge in [-0.05, 0) is 31.9 Å². The highest BCUT2D eigenvalue weighted by Crippen LogP contribution is 2.23. The number of nitrogens with one attached hydrogen (secondary N) is 2. The zero-order chi connectivity index (χ0) is 15.3. The Morgan fingerprint density at radius 3 is 2.62 bits per heavy atom. The first-order valence-electron chi connectivity index (χ1n) is 6.72. The van der Waals surface area contributed by atoms with Crippen LogP contribution >= 0.6 is 0 Å². The predicted molar refractivity (Wildman–Crippen MR) is 79.9 cm³/mol. The van der Waals surface area contributed by atoms with Crippen LogP contribution in [0.1, 0.15) is 19.4 Å². The number of carbonyl (C=O) groups excluding carboxylic acids is 1. The summed E-state index contributed by atoms with van der Waals surface area (Å²) in [5.74, 6) is -0.414. The van der Waals surface area contributed by atoms with Crippen molar-refractivity contribution in [2.45, 2.75) is 25.8 Å². The summed E-state index contributed by atoms with van der Waals surface area (Å²) in [4.78, 5) is 15.3. The van der Waals surface area contributed by atoms with Crippen molar-refractivity contribution in [1.29, 1.82) is 0 Å². The molecule has 1 saturated heterocycles. The normalized spacial score (nSPS) is 20.3. The molecule has 0 aliphatic carbocycles.